The van der Waals surface area contributed by atoms with Crippen LogP contribution in [0.25, 0.3) is 0 Å². The summed E-state index contributed by atoms with van der Waals surface area (Å²) in [5.41, 5.74) is -0.171. The zero-order chi connectivity index (χ0) is 15.3. The van der Waals surface area contributed by atoms with E-state index in [-0.39, 0.29) is 29.5 Å². The molecular weight excluding hydrogens is 284 g/mol. The average Bonchev–Trinajstić information content (AvgIpc) is 2.35. The zero-order valence-corrected chi connectivity index (χ0v) is 12.0. The van der Waals surface area contributed by atoms with E-state index in [2.05, 4.69) is 4.72 Å². The Balaban J connectivity index is 2.82. The van der Waals surface area contributed by atoms with Crippen molar-refractivity contribution in [3.63, 3.8) is 0 Å². The molecule has 0 spiro atoms. The minimum absolute atomic E-state index is 0.0852. The fourth-order valence-corrected chi connectivity index (χ4v) is 2.57. The van der Waals surface area contributed by atoms with Crippen LogP contribution in [0.15, 0.2) is 24.3 Å². The van der Waals surface area contributed by atoms with Crippen LogP contribution in [-0.4, -0.2) is 25.7 Å². The summed E-state index contributed by atoms with van der Waals surface area (Å²) in [6.07, 6.45) is 0. The van der Waals surface area contributed by atoms with E-state index in [0.29, 0.717) is 0 Å². The number of nitrogens with zero attached hydrogens (tertiary/aromatic N) is 1. The molecule has 0 aromatic heterocycles. The summed E-state index contributed by atoms with van der Waals surface area (Å²) in [6, 6.07) is 5.60. The number of ketones is 1. The number of nitro groups is 1. The van der Waals surface area contributed by atoms with E-state index in [1.54, 1.807) is 13.8 Å². The summed E-state index contributed by atoms with van der Waals surface area (Å²) >= 11 is 0. The Morgan fingerprint density at radius 3 is 2.50 bits per heavy atom. The van der Waals surface area contributed by atoms with Gasteiger partial charge in [-0.15, -0.1) is 0 Å². The minimum Gasteiger partial charge on any atom is -0.298 e. The van der Waals surface area contributed by atoms with Gasteiger partial charge >= 0.3 is 0 Å². The summed E-state index contributed by atoms with van der Waals surface area (Å²) in [5, 5.41) is 10.8. The molecule has 1 rings (SSSR count). The lowest BCUT2D eigenvalue weighted by molar-refractivity contribution is -0.385. The lowest BCUT2D eigenvalue weighted by atomic mass is 10.1. The molecule has 0 saturated carbocycles. The fraction of sp³-hybridized carbons (Fsp3) is 0.417. The largest absolute Gasteiger partial charge is 0.298 e. The Hall–Kier alpha value is -1.80. The molecule has 0 bridgehead atoms. The number of carbonyl (C=O) groups excluding carboxylic acids is 1. The van der Waals surface area contributed by atoms with Crippen molar-refractivity contribution in [1.82, 2.24) is 4.72 Å². The number of benzene rings is 1. The van der Waals surface area contributed by atoms with Gasteiger partial charge in [-0.1, -0.05) is 32.0 Å². The molecule has 1 aromatic carbocycles. The molecule has 110 valence electrons. The topological polar surface area (TPSA) is 106 Å². The number of para-hydroxylation sites is 1. The van der Waals surface area contributed by atoms with Gasteiger partial charge in [0.05, 0.1) is 17.2 Å². The third-order valence-electron chi connectivity index (χ3n) is 2.64. The molecule has 0 unspecified atom stereocenters. The number of rotatable bonds is 7. The molecule has 0 aliphatic rings. The molecule has 0 radical (unpaired) electrons. The van der Waals surface area contributed by atoms with Crippen molar-refractivity contribution in [2.24, 2.45) is 5.92 Å². The lowest BCUT2D eigenvalue weighted by Gasteiger charge is -2.08. The summed E-state index contributed by atoms with van der Waals surface area (Å²) in [6.45, 7) is 3.03. The first kappa shape index (κ1) is 16.3. The van der Waals surface area contributed by atoms with Crippen molar-refractivity contribution >= 4 is 21.5 Å². The average molecular weight is 300 g/mol. The summed E-state index contributed by atoms with van der Waals surface area (Å²) in [7, 11) is -3.79. The number of hydrogen-bond acceptors (Lipinski definition) is 5. The molecule has 0 saturated heterocycles. The number of nitrogens with one attached hydrogen (secondary N) is 1. The quantitative estimate of drug-likeness (QED) is 0.602. The van der Waals surface area contributed by atoms with Crippen LogP contribution < -0.4 is 4.72 Å². The zero-order valence-electron chi connectivity index (χ0n) is 11.2. The first-order valence-electron chi connectivity index (χ1n) is 5.95. The van der Waals surface area contributed by atoms with Crippen molar-refractivity contribution in [1.29, 1.82) is 0 Å². The molecule has 0 heterocycles. The molecule has 1 N–H and O–H groups in total. The highest BCUT2D eigenvalue weighted by Gasteiger charge is 2.20. The Morgan fingerprint density at radius 2 is 1.95 bits per heavy atom. The van der Waals surface area contributed by atoms with Gasteiger partial charge < -0.3 is 0 Å². The number of carbonyl (C=O) groups is 1. The van der Waals surface area contributed by atoms with Crippen LogP contribution in [0.1, 0.15) is 19.4 Å². The van der Waals surface area contributed by atoms with Gasteiger partial charge in [-0.3, -0.25) is 14.9 Å². The number of sulfonamides is 1. The fourth-order valence-electron chi connectivity index (χ4n) is 1.45. The maximum atomic E-state index is 11.8. The van der Waals surface area contributed by atoms with Crippen LogP contribution in [0.5, 0.6) is 0 Å². The first-order valence-corrected chi connectivity index (χ1v) is 7.60. The summed E-state index contributed by atoms with van der Waals surface area (Å²) in [5.74, 6) is -1.05. The van der Waals surface area contributed by atoms with Gasteiger partial charge in [0.15, 0.2) is 0 Å². The number of Topliss-reactive ketones (excluding diaryl/α,β-unsaturated/α-hetero) is 1. The van der Waals surface area contributed by atoms with Crippen molar-refractivity contribution in [2.75, 3.05) is 6.54 Å². The van der Waals surface area contributed by atoms with Crippen LogP contribution in [0.2, 0.25) is 0 Å². The predicted octanol–water partition coefficient (Wildman–Crippen LogP) is 1.24. The maximum Gasteiger partial charge on any atom is 0.273 e. The third-order valence-corrected chi connectivity index (χ3v) is 3.92. The van der Waals surface area contributed by atoms with E-state index < -0.39 is 20.7 Å². The van der Waals surface area contributed by atoms with Crippen molar-refractivity contribution in [3.8, 4) is 0 Å². The van der Waals surface area contributed by atoms with Crippen LogP contribution in [0.3, 0.4) is 0 Å². The highest BCUT2D eigenvalue weighted by molar-refractivity contribution is 7.88. The molecule has 0 atom stereocenters. The molecule has 0 fully saturated rings. The molecule has 0 aliphatic heterocycles. The molecule has 1 aromatic rings. The maximum absolute atomic E-state index is 11.8. The third kappa shape index (κ3) is 4.71. The van der Waals surface area contributed by atoms with E-state index >= 15 is 0 Å². The van der Waals surface area contributed by atoms with Gasteiger partial charge in [0, 0.05) is 17.5 Å². The molecule has 0 amide bonds. The first-order chi connectivity index (χ1) is 9.23. The highest BCUT2D eigenvalue weighted by atomic mass is 32.2. The second kappa shape index (κ2) is 6.58. The van der Waals surface area contributed by atoms with Gasteiger partial charge in [0.25, 0.3) is 5.69 Å². The predicted molar refractivity (Wildman–Crippen MR) is 73.6 cm³/mol. The standard InChI is InChI=1S/C12H16N2O5S/c1-9(2)12(15)7-13-20(18,19)8-10-5-3-4-6-11(10)14(16)17/h3-6,9,13H,7-8H2,1-2H3. The van der Waals surface area contributed by atoms with Gasteiger partial charge in [-0.05, 0) is 0 Å². The Kier molecular flexibility index (Phi) is 5.34. The second-order valence-electron chi connectivity index (χ2n) is 4.59. The van der Waals surface area contributed by atoms with E-state index in [0.717, 1.165) is 0 Å². The van der Waals surface area contributed by atoms with Crippen molar-refractivity contribution in [3.05, 3.63) is 39.9 Å². The van der Waals surface area contributed by atoms with Gasteiger partial charge in [-0.25, -0.2) is 13.1 Å². The molecule has 0 aliphatic carbocycles. The van der Waals surface area contributed by atoms with Crippen molar-refractivity contribution in [2.45, 2.75) is 19.6 Å². The number of nitro benzene ring substituents is 1. The van der Waals surface area contributed by atoms with Gasteiger partial charge in [-0.2, -0.15) is 0 Å². The molecular formula is C12H16N2O5S. The monoisotopic (exact) mass is 300 g/mol. The van der Waals surface area contributed by atoms with E-state index in [4.69, 9.17) is 0 Å². The Morgan fingerprint density at radius 1 is 1.35 bits per heavy atom. The van der Waals surface area contributed by atoms with E-state index in [1.807, 2.05) is 0 Å². The lowest BCUT2D eigenvalue weighted by Crippen LogP contribution is -2.32. The van der Waals surface area contributed by atoms with Gasteiger partial charge in [0.2, 0.25) is 10.0 Å². The summed E-state index contributed by atoms with van der Waals surface area (Å²) < 4.78 is 25.8. The SMILES string of the molecule is CC(C)C(=O)CNS(=O)(=O)Cc1ccccc1[N+](=O)[O-]. The van der Waals surface area contributed by atoms with Crippen LogP contribution in [-0.2, 0) is 20.6 Å². The summed E-state index contributed by atoms with van der Waals surface area (Å²) in [4.78, 5) is 21.5. The van der Waals surface area contributed by atoms with Gasteiger partial charge in [0.1, 0.15) is 5.78 Å². The van der Waals surface area contributed by atoms with E-state index in [9.17, 15) is 23.3 Å². The molecule has 20 heavy (non-hydrogen) atoms. The van der Waals surface area contributed by atoms with Crippen LogP contribution >= 0.6 is 0 Å². The highest BCUT2D eigenvalue weighted by Crippen LogP contribution is 2.19. The normalized spacial score (nSPS) is 11.6. The molecule has 8 heteroatoms. The van der Waals surface area contributed by atoms with Crippen LogP contribution in [0.4, 0.5) is 5.69 Å². The van der Waals surface area contributed by atoms with Crippen LogP contribution in [0, 0.1) is 16.0 Å². The smallest absolute Gasteiger partial charge is 0.273 e. The van der Waals surface area contributed by atoms with Crippen molar-refractivity contribution < 1.29 is 18.1 Å². The Labute approximate surface area is 117 Å². The number of hydrogen-bond donors (Lipinski definition) is 1. The second-order valence-corrected chi connectivity index (χ2v) is 6.39. The Bertz CT molecular complexity index is 610. The van der Waals surface area contributed by atoms with E-state index in [1.165, 1.54) is 24.3 Å². The molecule has 7 nitrogen and oxygen atoms in total. The minimum atomic E-state index is -3.79.